The summed E-state index contributed by atoms with van der Waals surface area (Å²) >= 11 is 24.9. The molecule has 0 radical (unpaired) electrons. The maximum Gasteiger partial charge on any atom is 0.244 e. The normalized spacial score (nSPS) is 14.9. The van der Waals surface area contributed by atoms with Crippen LogP contribution in [0.15, 0.2) is 36.4 Å². The zero-order valence-electron chi connectivity index (χ0n) is 20.5. The Morgan fingerprint density at radius 2 is 1.62 bits per heavy atom. The highest BCUT2D eigenvalue weighted by Crippen LogP contribution is 2.30. The number of benzene rings is 2. The number of halogens is 4. The van der Waals surface area contributed by atoms with Gasteiger partial charge in [-0.15, -0.1) is 0 Å². The summed E-state index contributed by atoms with van der Waals surface area (Å²) in [6.07, 6.45) is 5.12. The summed E-state index contributed by atoms with van der Waals surface area (Å²) in [5.74, 6) is -0.896. The van der Waals surface area contributed by atoms with Gasteiger partial charge in [0.15, 0.2) is 0 Å². The van der Waals surface area contributed by atoms with E-state index < -0.39 is 28.5 Å². The van der Waals surface area contributed by atoms with Gasteiger partial charge < -0.3 is 10.2 Å². The second-order valence-electron chi connectivity index (χ2n) is 9.00. The third-order valence-corrected chi connectivity index (χ3v) is 8.94. The number of amides is 2. The number of carbonyl (C=O) groups excluding carboxylic acids is 2. The molecule has 37 heavy (non-hydrogen) atoms. The average molecular weight is 609 g/mol. The Bertz CT molecular complexity index is 1230. The van der Waals surface area contributed by atoms with Crippen LogP contribution in [0.4, 0.5) is 5.69 Å². The van der Waals surface area contributed by atoms with Gasteiger partial charge in [0.05, 0.1) is 22.0 Å². The van der Waals surface area contributed by atoms with Gasteiger partial charge in [-0.1, -0.05) is 72.2 Å². The highest BCUT2D eigenvalue weighted by molar-refractivity contribution is 7.92. The third kappa shape index (κ3) is 7.67. The molecule has 1 aliphatic rings. The predicted octanol–water partition coefficient (Wildman–Crippen LogP) is 5.93. The van der Waals surface area contributed by atoms with Crippen molar-refractivity contribution in [2.45, 2.75) is 57.7 Å². The molecule has 1 atom stereocenters. The van der Waals surface area contributed by atoms with Crippen LogP contribution in [0.5, 0.6) is 0 Å². The summed E-state index contributed by atoms with van der Waals surface area (Å²) in [5.41, 5.74) is 0.635. The van der Waals surface area contributed by atoms with Gasteiger partial charge in [-0.3, -0.25) is 13.9 Å². The molecular formula is C25H29Cl4N3O4S. The highest BCUT2D eigenvalue weighted by atomic mass is 35.5. The molecule has 202 valence electrons. The predicted molar refractivity (Wildman–Crippen MR) is 150 cm³/mol. The zero-order valence-corrected chi connectivity index (χ0v) is 24.4. The van der Waals surface area contributed by atoms with E-state index in [1.54, 1.807) is 25.1 Å². The second-order valence-corrected chi connectivity index (χ2v) is 12.5. The molecule has 7 nitrogen and oxygen atoms in total. The lowest BCUT2D eigenvalue weighted by molar-refractivity contribution is -0.140. The van der Waals surface area contributed by atoms with E-state index in [1.807, 2.05) is 0 Å². The zero-order chi connectivity index (χ0) is 27.3. The number of anilines is 1. The van der Waals surface area contributed by atoms with Crippen LogP contribution >= 0.6 is 46.4 Å². The summed E-state index contributed by atoms with van der Waals surface area (Å²) in [4.78, 5) is 28.5. The van der Waals surface area contributed by atoms with Crippen molar-refractivity contribution in [3.05, 3.63) is 62.1 Å². The summed E-state index contributed by atoms with van der Waals surface area (Å²) in [6, 6.07) is 8.43. The molecule has 1 N–H and O–H groups in total. The second kappa shape index (κ2) is 12.9. The molecule has 0 spiro atoms. The minimum atomic E-state index is -3.91. The van der Waals surface area contributed by atoms with Gasteiger partial charge in [0, 0.05) is 28.2 Å². The fraction of sp³-hybridized carbons (Fsp3) is 0.440. The van der Waals surface area contributed by atoms with E-state index in [-0.39, 0.29) is 34.2 Å². The van der Waals surface area contributed by atoms with E-state index in [2.05, 4.69) is 5.32 Å². The fourth-order valence-electron chi connectivity index (χ4n) is 4.39. The van der Waals surface area contributed by atoms with Crippen LogP contribution in [0, 0.1) is 0 Å². The van der Waals surface area contributed by atoms with E-state index in [4.69, 9.17) is 46.4 Å². The SMILES string of the molecule is CC[C@H](C(=O)NC1CCCC1)N(Cc1c(Cl)cccc1Cl)C(=O)CN(c1ccc(Cl)c(Cl)c1)S(C)(=O)=O. The molecule has 1 fully saturated rings. The summed E-state index contributed by atoms with van der Waals surface area (Å²) < 4.78 is 26.4. The van der Waals surface area contributed by atoms with Gasteiger partial charge in [-0.2, -0.15) is 0 Å². The molecule has 2 amide bonds. The van der Waals surface area contributed by atoms with Crippen molar-refractivity contribution in [1.82, 2.24) is 10.2 Å². The molecular weight excluding hydrogens is 580 g/mol. The van der Waals surface area contributed by atoms with Crippen LogP contribution in [0.3, 0.4) is 0 Å². The number of hydrogen-bond acceptors (Lipinski definition) is 4. The lowest BCUT2D eigenvalue weighted by atomic mass is 10.1. The van der Waals surface area contributed by atoms with E-state index >= 15 is 0 Å². The topological polar surface area (TPSA) is 86.8 Å². The third-order valence-electron chi connectivity index (χ3n) is 6.35. The van der Waals surface area contributed by atoms with Crippen molar-refractivity contribution >= 4 is 73.9 Å². The maximum absolute atomic E-state index is 13.8. The van der Waals surface area contributed by atoms with Crippen molar-refractivity contribution in [2.24, 2.45) is 0 Å². The van der Waals surface area contributed by atoms with Gasteiger partial charge in [0.1, 0.15) is 12.6 Å². The Kier molecular flexibility index (Phi) is 10.4. The first-order valence-corrected chi connectivity index (χ1v) is 15.2. The van der Waals surface area contributed by atoms with Gasteiger partial charge in [0.2, 0.25) is 21.8 Å². The number of sulfonamides is 1. The van der Waals surface area contributed by atoms with Crippen molar-refractivity contribution in [3.63, 3.8) is 0 Å². The van der Waals surface area contributed by atoms with Gasteiger partial charge in [0.25, 0.3) is 0 Å². The first-order valence-electron chi connectivity index (χ1n) is 11.9. The lowest BCUT2D eigenvalue weighted by Crippen LogP contribution is -2.53. The molecule has 2 aromatic carbocycles. The van der Waals surface area contributed by atoms with Gasteiger partial charge in [-0.05, 0) is 49.6 Å². The first-order chi connectivity index (χ1) is 17.4. The largest absolute Gasteiger partial charge is 0.352 e. The van der Waals surface area contributed by atoms with Crippen LogP contribution in [-0.2, 0) is 26.2 Å². The highest BCUT2D eigenvalue weighted by Gasteiger charge is 2.33. The molecule has 12 heteroatoms. The van der Waals surface area contributed by atoms with E-state index in [0.29, 0.717) is 22.0 Å². The van der Waals surface area contributed by atoms with E-state index in [0.717, 1.165) is 36.2 Å². The molecule has 0 saturated heterocycles. The molecule has 0 aliphatic heterocycles. The smallest absolute Gasteiger partial charge is 0.244 e. The molecule has 3 rings (SSSR count). The molecule has 1 saturated carbocycles. The average Bonchev–Trinajstić information content (AvgIpc) is 3.33. The standard InChI is InChI=1S/C25H29Cl4N3O4S/c1-3-23(25(34)30-16-7-4-5-8-16)31(14-18-19(26)9-6-10-20(18)27)24(33)15-32(37(2,35)36)17-11-12-21(28)22(29)13-17/h6,9-13,16,23H,3-5,7-8,14-15H2,1-2H3,(H,30,34)/t23-/m1/s1. The molecule has 0 aromatic heterocycles. The molecule has 0 bridgehead atoms. The minimum Gasteiger partial charge on any atom is -0.352 e. The number of nitrogens with zero attached hydrogens (tertiary/aromatic N) is 2. The fourth-order valence-corrected chi connectivity index (χ4v) is 6.05. The Morgan fingerprint density at radius 3 is 2.16 bits per heavy atom. The monoisotopic (exact) mass is 607 g/mol. The lowest BCUT2D eigenvalue weighted by Gasteiger charge is -2.33. The number of nitrogens with one attached hydrogen (secondary N) is 1. The van der Waals surface area contributed by atoms with Crippen molar-refractivity contribution in [1.29, 1.82) is 0 Å². The number of hydrogen-bond donors (Lipinski definition) is 1. The van der Waals surface area contributed by atoms with Crippen LogP contribution in [0.2, 0.25) is 20.1 Å². The maximum atomic E-state index is 13.8. The summed E-state index contributed by atoms with van der Waals surface area (Å²) in [5, 5.41) is 4.10. The molecule has 0 heterocycles. The summed E-state index contributed by atoms with van der Waals surface area (Å²) in [7, 11) is -3.91. The molecule has 0 unspecified atom stereocenters. The van der Waals surface area contributed by atoms with Crippen LogP contribution < -0.4 is 9.62 Å². The quantitative estimate of drug-likeness (QED) is 0.362. The Hall–Kier alpha value is -1.71. The number of carbonyl (C=O) groups is 2. The van der Waals surface area contributed by atoms with Crippen molar-refractivity contribution in [3.8, 4) is 0 Å². The van der Waals surface area contributed by atoms with E-state index in [1.165, 1.54) is 23.1 Å². The Balaban J connectivity index is 1.98. The Morgan fingerprint density at radius 1 is 1.00 bits per heavy atom. The first kappa shape index (κ1) is 29.8. The molecule has 2 aromatic rings. The van der Waals surface area contributed by atoms with Crippen LogP contribution in [-0.4, -0.2) is 50.0 Å². The molecule has 1 aliphatic carbocycles. The van der Waals surface area contributed by atoms with Crippen LogP contribution in [0.1, 0.15) is 44.6 Å². The van der Waals surface area contributed by atoms with Crippen LogP contribution in [0.25, 0.3) is 0 Å². The van der Waals surface area contributed by atoms with Crippen molar-refractivity contribution < 1.29 is 18.0 Å². The van der Waals surface area contributed by atoms with E-state index in [9.17, 15) is 18.0 Å². The van der Waals surface area contributed by atoms with Gasteiger partial charge in [-0.25, -0.2) is 8.42 Å². The van der Waals surface area contributed by atoms with Gasteiger partial charge >= 0.3 is 0 Å². The van der Waals surface area contributed by atoms with Crippen molar-refractivity contribution in [2.75, 3.05) is 17.1 Å². The summed E-state index contributed by atoms with van der Waals surface area (Å²) in [6.45, 7) is 1.15. The Labute approximate surface area is 238 Å². The minimum absolute atomic E-state index is 0.0473. The number of rotatable bonds is 10.